The lowest BCUT2D eigenvalue weighted by Crippen LogP contribution is -2.18. The van der Waals surface area contributed by atoms with Gasteiger partial charge in [0.1, 0.15) is 22.8 Å². The Balaban J connectivity index is 1.69. The van der Waals surface area contributed by atoms with Crippen molar-refractivity contribution in [1.29, 1.82) is 0 Å². The fourth-order valence-corrected chi connectivity index (χ4v) is 4.07. The third-order valence-electron chi connectivity index (χ3n) is 5.83. The van der Waals surface area contributed by atoms with Gasteiger partial charge in [0, 0.05) is 16.5 Å². The van der Waals surface area contributed by atoms with Crippen molar-refractivity contribution < 1.29 is 18.7 Å². The number of hydrogen-bond acceptors (Lipinski definition) is 5. The highest BCUT2D eigenvalue weighted by molar-refractivity contribution is 6.05. The summed E-state index contributed by atoms with van der Waals surface area (Å²) in [6, 6.07) is 18.1. The van der Waals surface area contributed by atoms with Gasteiger partial charge in [-0.25, -0.2) is 4.79 Å². The van der Waals surface area contributed by atoms with Crippen LogP contribution in [0.3, 0.4) is 0 Å². The molecular formula is C28H27NO5. The first-order chi connectivity index (χ1) is 16.3. The number of anilines is 1. The van der Waals surface area contributed by atoms with E-state index in [0.29, 0.717) is 28.6 Å². The molecule has 174 valence electrons. The molecule has 1 heterocycles. The van der Waals surface area contributed by atoms with Crippen LogP contribution in [0.4, 0.5) is 5.69 Å². The number of fused-ring (bicyclic) bond motifs is 1. The molecule has 4 rings (SSSR count). The van der Waals surface area contributed by atoms with Crippen molar-refractivity contribution in [2.75, 3.05) is 19.5 Å². The van der Waals surface area contributed by atoms with E-state index in [4.69, 9.17) is 13.9 Å². The number of hydrogen-bond donors (Lipinski definition) is 1. The molecule has 3 aromatic carbocycles. The van der Waals surface area contributed by atoms with Crippen molar-refractivity contribution in [3.8, 4) is 22.6 Å². The number of aryl methyl sites for hydroxylation is 1. The van der Waals surface area contributed by atoms with Crippen LogP contribution in [-0.2, 0) is 0 Å². The third kappa shape index (κ3) is 4.53. The van der Waals surface area contributed by atoms with Crippen LogP contribution in [-0.4, -0.2) is 20.1 Å². The number of amides is 1. The van der Waals surface area contributed by atoms with E-state index in [-0.39, 0.29) is 5.69 Å². The standard InChI is InChI=1S/C28H27NO5/c1-16(2)22-15-26-20(11-17(22)3)14-24(28(31)34-26)29-27(30)19-9-10-25(33-5)23(13-19)18-7-6-8-21(12-18)32-4/h6-16H,1-5H3,(H,29,30). The lowest BCUT2D eigenvalue weighted by Gasteiger charge is -2.13. The van der Waals surface area contributed by atoms with Crippen LogP contribution < -0.4 is 20.4 Å². The minimum atomic E-state index is -0.596. The highest BCUT2D eigenvalue weighted by Crippen LogP contribution is 2.33. The first-order valence-electron chi connectivity index (χ1n) is 11.0. The monoisotopic (exact) mass is 457 g/mol. The maximum absolute atomic E-state index is 13.1. The Morgan fingerprint density at radius 3 is 2.47 bits per heavy atom. The van der Waals surface area contributed by atoms with E-state index in [1.54, 1.807) is 38.5 Å². The predicted molar refractivity (Wildman–Crippen MR) is 134 cm³/mol. The molecule has 0 saturated carbocycles. The quantitative estimate of drug-likeness (QED) is 0.351. The molecule has 4 aromatic rings. The van der Waals surface area contributed by atoms with Gasteiger partial charge in [-0.3, -0.25) is 4.79 Å². The van der Waals surface area contributed by atoms with Gasteiger partial charge in [0.25, 0.3) is 5.91 Å². The van der Waals surface area contributed by atoms with Crippen LogP contribution >= 0.6 is 0 Å². The van der Waals surface area contributed by atoms with E-state index in [2.05, 4.69) is 19.2 Å². The molecule has 0 aliphatic carbocycles. The van der Waals surface area contributed by atoms with Crippen LogP contribution in [0.15, 0.2) is 69.9 Å². The fourth-order valence-electron chi connectivity index (χ4n) is 4.07. The van der Waals surface area contributed by atoms with Crippen LogP contribution in [0.2, 0.25) is 0 Å². The molecule has 6 nitrogen and oxygen atoms in total. The third-order valence-corrected chi connectivity index (χ3v) is 5.83. The minimum absolute atomic E-state index is 0.0907. The molecule has 0 fully saturated rings. The van der Waals surface area contributed by atoms with Gasteiger partial charge in [0.15, 0.2) is 0 Å². The molecule has 0 radical (unpaired) electrons. The second-order valence-electron chi connectivity index (χ2n) is 8.45. The summed E-state index contributed by atoms with van der Waals surface area (Å²) in [6.07, 6.45) is 0. The molecule has 1 aromatic heterocycles. The molecule has 0 aliphatic rings. The van der Waals surface area contributed by atoms with Crippen molar-refractivity contribution in [3.05, 3.63) is 87.8 Å². The maximum Gasteiger partial charge on any atom is 0.360 e. The van der Waals surface area contributed by atoms with Gasteiger partial charge in [-0.2, -0.15) is 0 Å². The van der Waals surface area contributed by atoms with Gasteiger partial charge in [0.2, 0.25) is 0 Å². The van der Waals surface area contributed by atoms with Crippen LogP contribution in [0.25, 0.3) is 22.1 Å². The van der Waals surface area contributed by atoms with Gasteiger partial charge in [-0.05, 0) is 78.1 Å². The number of carbonyl (C=O) groups is 1. The summed E-state index contributed by atoms with van der Waals surface area (Å²) >= 11 is 0. The summed E-state index contributed by atoms with van der Waals surface area (Å²) in [5, 5.41) is 3.46. The van der Waals surface area contributed by atoms with E-state index in [1.807, 2.05) is 43.3 Å². The first-order valence-corrected chi connectivity index (χ1v) is 11.0. The average Bonchev–Trinajstić information content (AvgIpc) is 2.83. The molecule has 0 aliphatic heterocycles. The molecule has 0 bridgehead atoms. The number of nitrogens with one attached hydrogen (secondary N) is 1. The smallest absolute Gasteiger partial charge is 0.360 e. The molecule has 0 unspecified atom stereocenters. The summed E-state index contributed by atoms with van der Waals surface area (Å²) in [4.78, 5) is 25.7. The van der Waals surface area contributed by atoms with Crippen molar-refractivity contribution >= 4 is 22.6 Å². The molecule has 0 atom stereocenters. The molecule has 0 spiro atoms. The summed E-state index contributed by atoms with van der Waals surface area (Å²) in [5.74, 6) is 1.20. The first kappa shape index (κ1) is 23.1. The largest absolute Gasteiger partial charge is 0.497 e. The zero-order valence-electron chi connectivity index (χ0n) is 19.9. The number of benzene rings is 3. The molecule has 34 heavy (non-hydrogen) atoms. The van der Waals surface area contributed by atoms with E-state index in [9.17, 15) is 9.59 Å². The van der Waals surface area contributed by atoms with Gasteiger partial charge >= 0.3 is 5.63 Å². The van der Waals surface area contributed by atoms with E-state index >= 15 is 0 Å². The van der Waals surface area contributed by atoms with Gasteiger partial charge in [-0.15, -0.1) is 0 Å². The van der Waals surface area contributed by atoms with E-state index < -0.39 is 11.5 Å². The molecule has 1 amide bonds. The van der Waals surface area contributed by atoms with Gasteiger partial charge < -0.3 is 19.2 Å². The van der Waals surface area contributed by atoms with Gasteiger partial charge in [0.05, 0.1) is 14.2 Å². The zero-order chi connectivity index (χ0) is 24.4. The number of carbonyl (C=O) groups excluding carboxylic acids is 1. The Labute approximate surface area is 198 Å². The fraction of sp³-hybridized carbons (Fsp3) is 0.214. The van der Waals surface area contributed by atoms with Crippen molar-refractivity contribution in [3.63, 3.8) is 0 Å². The highest BCUT2D eigenvalue weighted by Gasteiger charge is 2.16. The Bertz CT molecular complexity index is 1430. The van der Waals surface area contributed by atoms with Crippen LogP contribution in [0, 0.1) is 6.92 Å². The second kappa shape index (κ2) is 9.43. The lowest BCUT2D eigenvalue weighted by molar-refractivity contribution is 0.102. The van der Waals surface area contributed by atoms with Crippen LogP contribution in [0.5, 0.6) is 11.5 Å². The molecule has 6 heteroatoms. The predicted octanol–water partition coefficient (Wildman–Crippen LogP) is 6.16. The topological polar surface area (TPSA) is 77.8 Å². The lowest BCUT2D eigenvalue weighted by atomic mass is 9.96. The number of methoxy groups -OCH3 is 2. The van der Waals surface area contributed by atoms with Crippen LogP contribution in [0.1, 0.15) is 41.3 Å². The minimum Gasteiger partial charge on any atom is -0.497 e. The van der Waals surface area contributed by atoms with Gasteiger partial charge in [-0.1, -0.05) is 26.0 Å². The van der Waals surface area contributed by atoms with Crippen molar-refractivity contribution in [1.82, 2.24) is 0 Å². The molecular weight excluding hydrogens is 430 g/mol. The Hall–Kier alpha value is -4.06. The Morgan fingerprint density at radius 2 is 1.76 bits per heavy atom. The highest BCUT2D eigenvalue weighted by atomic mass is 16.5. The SMILES string of the molecule is COc1cccc(-c2cc(C(=O)Nc3cc4cc(C)c(C(C)C)cc4oc3=O)ccc2OC)c1. The Morgan fingerprint density at radius 1 is 0.971 bits per heavy atom. The van der Waals surface area contributed by atoms with Crippen molar-refractivity contribution in [2.45, 2.75) is 26.7 Å². The summed E-state index contributed by atoms with van der Waals surface area (Å²) < 4.78 is 16.3. The maximum atomic E-state index is 13.1. The van der Waals surface area contributed by atoms with E-state index in [1.165, 1.54) is 0 Å². The molecule has 1 N–H and O–H groups in total. The molecule has 0 saturated heterocycles. The van der Waals surface area contributed by atoms with E-state index in [0.717, 1.165) is 27.6 Å². The summed E-state index contributed by atoms with van der Waals surface area (Å²) in [7, 11) is 3.17. The summed E-state index contributed by atoms with van der Waals surface area (Å²) in [6.45, 7) is 6.21. The second-order valence-corrected chi connectivity index (χ2v) is 8.45. The summed E-state index contributed by atoms with van der Waals surface area (Å²) in [5.41, 5.74) is 4.17. The number of rotatable bonds is 6. The Kier molecular flexibility index (Phi) is 6.41. The number of ether oxygens (including phenoxy) is 2. The van der Waals surface area contributed by atoms with Crippen molar-refractivity contribution in [2.24, 2.45) is 0 Å². The normalized spacial score (nSPS) is 11.0. The zero-order valence-corrected chi connectivity index (χ0v) is 19.9. The average molecular weight is 458 g/mol.